The molecule has 0 fully saturated rings. The number of aromatic nitrogens is 1. The van der Waals surface area contributed by atoms with Gasteiger partial charge in [0.1, 0.15) is 5.75 Å². The zero-order valence-electron chi connectivity index (χ0n) is 13.2. The molecule has 5 N–H and O–H groups in total. The molecule has 1 amide bonds. The first-order valence-electron chi connectivity index (χ1n) is 7.55. The minimum atomic E-state index is -0.212. The number of ether oxygens (including phenoxy) is 1. The number of nitrogens with two attached hydrogens (primary N) is 2. The van der Waals surface area contributed by atoms with Crippen molar-refractivity contribution in [2.45, 2.75) is 19.4 Å². The van der Waals surface area contributed by atoms with E-state index in [2.05, 4.69) is 10.3 Å². The van der Waals surface area contributed by atoms with Gasteiger partial charge in [-0.3, -0.25) is 9.78 Å². The van der Waals surface area contributed by atoms with Gasteiger partial charge >= 0.3 is 0 Å². The van der Waals surface area contributed by atoms with E-state index in [1.54, 1.807) is 36.7 Å². The van der Waals surface area contributed by atoms with Crippen LogP contribution in [-0.4, -0.2) is 24.0 Å². The van der Waals surface area contributed by atoms with Crippen LogP contribution in [0.5, 0.6) is 5.75 Å². The molecule has 1 heterocycles. The zero-order valence-corrected chi connectivity index (χ0v) is 13.2. The van der Waals surface area contributed by atoms with E-state index in [0.717, 1.165) is 12.0 Å². The van der Waals surface area contributed by atoms with Gasteiger partial charge in [-0.1, -0.05) is 6.07 Å². The van der Waals surface area contributed by atoms with E-state index in [1.165, 1.54) is 0 Å². The normalized spacial score (nSPS) is 11.8. The van der Waals surface area contributed by atoms with Crippen LogP contribution in [0.25, 0.3) is 0 Å². The predicted octanol–water partition coefficient (Wildman–Crippen LogP) is 2.08. The molecule has 1 aromatic heterocycles. The van der Waals surface area contributed by atoms with Gasteiger partial charge in [-0.25, -0.2) is 0 Å². The summed E-state index contributed by atoms with van der Waals surface area (Å²) in [6.45, 7) is 2.92. The highest BCUT2D eigenvalue weighted by atomic mass is 16.5. The Morgan fingerprint density at radius 3 is 2.70 bits per heavy atom. The first kappa shape index (κ1) is 16.9. The number of benzene rings is 1. The Kier molecular flexibility index (Phi) is 6.08. The van der Waals surface area contributed by atoms with Crippen LogP contribution in [0.3, 0.4) is 0 Å². The van der Waals surface area contributed by atoms with Crippen LogP contribution in [0.1, 0.15) is 35.3 Å². The number of hydrogen-bond acceptors (Lipinski definition) is 5. The van der Waals surface area contributed by atoms with Crippen molar-refractivity contribution >= 4 is 11.6 Å². The molecule has 1 aromatic carbocycles. The SMILES string of the molecule is CC(N)c1ccc(C(=O)Nc2ccncc2)cc1OCCCN. The summed E-state index contributed by atoms with van der Waals surface area (Å²) in [5.41, 5.74) is 13.5. The smallest absolute Gasteiger partial charge is 0.255 e. The lowest BCUT2D eigenvalue weighted by molar-refractivity contribution is 0.102. The van der Waals surface area contributed by atoms with Crippen LogP contribution < -0.4 is 21.5 Å². The first-order valence-corrected chi connectivity index (χ1v) is 7.55. The molecule has 122 valence electrons. The lowest BCUT2D eigenvalue weighted by atomic mass is 10.0. The highest BCUT2D eigenvalue weighted by Crippen LogP contribution is 2.26. The number of nitrogens with zero attached hydrogens (tertiary/aromatic N) is 1. The van der Waals surface area contributed by atoms with E-state index in [0.29, 0.717) is 30.2 Å². The fourth-order valence-corrected chi connectivity index (χ4v) is 2.08. The maximum absolute atomic E-state index is 12.3. The predicted molar refractivity (Wildman–Crippen MR) is 90.4 cm³/mol. The summed E-state index contributed by atoms with van der Waals surface area (Å²) in [6, 6.07) is 8.56. The third-order valence-corrected chi connectivity index (χ3v) is 3.31. The molecule has 2 rings (SSSR count). The topological polar surface area (TPSA) is 103 Å². The summed E-state index contributed by atoms with van der Waals surface area (Å²) in [5, 5.41) is 2.82. The third kappa shape index (κ3) is 4.77. The Bertz CT molecular complexity index is 644. The summed E-state index contributed by atoms with van der Waals surface area (Å²) >= 11 is 0. The minimum Gasteiger partial charge on any atom is -0.493 e. The molecular formula is C17H22N4O2. The second-order valence-corrected chi connectivity index (χ2v) is 5.22. The average Bonchev–Trinajstić information content (AvgIpc) is 2.55. The average molecular weight is 314 g/mol. The van der Waals surface area contributed by atoms with E-state index in [4.69, 9.17) is 16.2 Å². The lowest BCUT2D eigenvalue weighted by Crippen LogP contribution is -2.15. The van der Waals surface area contributed by atoms with E-state index in [1.807, 2.05) is 13.0 Å². The third-order valence-electron chi connectivity index (χ3n) is 3.31. The summed E-state index contributed by atoms with van der Waals surface area (Å²) in [6.07, 6.45) is 3.98. The standard InChI is InChI=1S/C17H22N4O2/c1-12(19)15-4-3-13(11-16(15)23-10-2-7-18)17(22)21-14-5-8-20-9-6-14/h3-6,8-9,11-12H,2,7,10,18-19H2,1H3,(H,20,21,22). The van der Waals surface area contributed by atoms with E-state index in [-0.39, 0.29) is 11.9 Å². The van der Waals surface area contributed by atoms with E-state index in [9.17, 15) is 4.79 Å². The number of nitrogens with one attached hydrogen (secondary N) is 1. The van der Waals surface area contributed by atoms with Crippen molar-refractivity contribution in [2.24, 2.45) is 11.5 Å². The molecule has 0 spiro atoms. The molecule has 6 nitrogen and oxygen atoms in total. The van der Waals surface area contributed by atoms with Gasteiger partial charge < -0.3 is 21.5 Å². The van der Waals surface area contributed by atoms with Gasteiger partial charge in [0.25, 0.3) is 5.91 Å². The molecule has 1 unspecified atom stereocenters. The molecule has 0 saturated heterocycles. The zero-order chi connectivity index (χ0) is 16.7. The number of amides is 1. The van der Waals surface area contributed by atoms with Crippen LogP contribution in [0.15, 0.2) is 42.7 Å². The molecule has 0 radical (unpaired) electrons. The van der Waals surface area contributed by atoms with Crippen molar-refractivity contribution in [3.05, 3.63) is 53.9 Å². The fourth-order valence-electron chi connectivity index (χ4n) is 2.08. The lowest BCUT2D eigenvalue weighted by Gasteiger charge is -2.15. The van der Waals surface area contributed by atoms with Crippen LogP contribution in [0, 0.1) is 0 Å². The van der Waals surface area contributed by atoms with Crippen molar-refractivity contribution in [3.63, 3.8) is 0 Å². The Hall–Kier alpha value is -2.44. The monoisotopic (exact) mass is 314 g/mol. The molecule has 1 atom stereocenters. The highest BCUT2D eigenvalue weighted by molar-refractivity contribution is 6.04. The number of anilines is 1. The Balaban J connectivity index is 2.18. The fraction of sp³-hybridized carbons (Fsp3) is 0.294. The van der Waals surface area contributed by atoms with Crippen molar-refractivity contribution in [1.82, 2.24) is 4.98 Å². The first-order chi connectivity index (χ1) is 11.1. The molecule has 0 aliphatic heterocycles. The van der Waals surface area contributed by atoms with Crippen molar-refractivity contribution in [1.29, 1.82) is 0 Å². The summed E-state index contributed by atoms with van der Waals surface area (Å²) in [7, 11) is 0. The number of carbonyl (C=O) groups excluding carboxylic acids is 1. The van der Waals surface area contributed by atoms with E-state index < -0.39 is 0 Å². The number of carbonyl (C=O) groups is 1. The molecule has 0 aliphatic carbocycles. The van der Waals surface area contributed by atoms with Crippen LogP contribution in [0.2, 0.25) is 0 Å². The molecule has 0 saturated carbocycles. The summed E-state index contributed by atoms with van der Waals surface area (Å²) in [4.78, 5) is 16.3. The van der Waals surface area contributed by atoms with Crippen LogP contribution in [-0.2, 0) is 0 Å². The molecular weight excluding hydrogens is 292 g/mol. The van der Waals surface area contributed by atoms with Crippen molar-refractivity contribution < 1.29 is 9.53 Å². The van der Waals surface area contributed by atoms with E-state index >= 15 is 0 Å². The van der Waals surface area contributed by atoms with Gasteiger partial charge in [-0.2, -0.15) is 0 Å². The van der Waals surface area contributed by atoms with Gasteiger partial charge in [0.2, 0.25) is 0 Å². The van der Waals surface area contributed by atoms with Gasteiger partial charge in [-0.15, -0.1) is 0 Å². The maximum atomic E-state index is 12.3. The summed E-state index contributed by atoms with van der Waals surface area (Å²) < 4.78 is 5.73. The van der Waals surface area contributed by atoms with Gasteiger partial charge in [0.15, 0.2) is 0 Å². The van der Waals surface area contributed by atoms with Gasteiger partial charge in [0.05, 0.1) is 6.61 Å². The van der Waals surface area contributed by atoms with Crippen LogP contribution >= 0.6 is 0 Å². The molecule has 0 bridgehead atoms. The van der Waals surface area contributed by atoms with Crippen molar-refractivity contribution in [2.75, 3.05) is 18.5 Å². The molecule has 6 heteroatoms. The molecule has 0 aliphatic rings. The largest absolute Gasteiger partial charge is 0.493 e. The van der Waals surface area contributed by atoms with Crippen molar-refractivity contribution in [3.8, 4) is 5.75 Å². The maximum Gasteiger partial charge on any atom is 0.255 e. The second kappa shape index (κ2) is 8.26. The highest BCUT2D eigenvalue weighted by Gasteiger charge is 2.13. The van der Waals surface area contributed by atoms with Gasteiger partial charge in [0, 0.05) is 35.2 Å². The number of rotatable bonds is 7. The quantitative estimate of drug-likeness (QED) is 0.679. The second-order valence-electron chi connectivity index (χ2n) is 5.22. The molecule has 2 aromatic rings. The van der Waals surface area contributed by atoms with Gasteiger partial charge in [-0.05, 0) is 44.2 Å². The van der Waals surface area contributed by atoms with Crippen LogP contribution in [0.4, 0.5) is 5.69 Å². The Morgan fingerprint density at radius 1 is 1.30 bits per heavy atom. The summed E-state index contributed by atoms with van der Waals surface area (Å²) in [5.74, 6) is 0.409. The Morgan fingerprint density at radius 2 is 2.04 bits per heavy atom. The number of pyridine rings is 1. The minimum absolute atomic E-state index is 0.180. The Labute approximate surface area is 135 Å². The molecule has 23 heavy (non-hydrogen) atoms. The number of hydrogen-bond donors (Lipinski definition) is 3.